The molecule has 1 aliphatic heterocycles. The molecular formula is C22H24S2. The lowest BCUT2D eigenvalue weighted by molar-refractivity contribution is 0.321. The molecule has 1 aliphatic carbocycles. The molecule has 0 N–H and O–H groups in total. The summed E-state index contributed by atoms with van der Waals surface area (Å²) >= 11 is 4.23. The van der Waals surface area contributed by atoms with Crippen molar-refractivity contribution in [2.24, 2.45) is 5.92 Å². The Labute approximate surface area is 154 Å². The molecule has 0 bridgehead atoms. The van der Waals surface area contributed by atoms with Crippen LogP contribution in [0.1, 0.15) is 42.7 Å². The van der Waals surface area contributed by atoms with Crippen molar-refractivity contribution >= 4 is 28.4 Å². The van der Waals surface area contributed by atoms with Crippen LogP contribution in [0.4, 0.5) is 0 Å². The molecule has 3 unspecified atom stereocenters. The van der Waals surface area contributed by atoms with Gasteiger partial charge in [0.1, 0.15) is 0 Å². The summed E-state index contributed by atoms with van der Waals surface area (Å²) in [5.41, 5.74) is 2.86. The number of benzene rings is 2. The maximum Gasteiger partial charge on any atom is 0.0692 e. The molecule has 0 saturated heterocycles. The molecule has 1 saturated carbocycles. The maximum absolute atomic E-state index is 2.56. The van der Waals surface area contributed by atoms with Crippen molar-refractivity contribution in [3.05, 3.63) is 77.9 Å². The van der Waals surface area contributed by atoms with Gasteiger partial charge >= 0.3 is 0 Å². The first kappa shape index (κ1) is 16.4. The first-order chi connectivity index (χ1) is 11.8. The van der Waals surface area contributed by atoms with Gasteiger partial charge < -0.3 is 0 Å². The van der Waals surface area contributed by atoms with Crippen molar-refractivity contribution in [2.45, 2.75) is 35.7 Å². The largest absolute Gasteiger partial charge is 0.147 e. The first-order valence-electron chi connectivity index (χ1n) is 8.89. The van der Waals surface area contributed by atoms with E-state index in [0.29, 0.717) is 10.00 Å². The van der Waals surface area contributed by atoms with Crippen LogP contribution in [-0.4, -0.2) is 10.3 Å². The zero-order chi connectivity index (χ0) is 16.4. The van der Waals surface area contributed by atoms with Gasteiger partial charge in [-0.25, -0.2) is 0 Å². The van der Waals surface area contributed by atoms with E-state index in [1.54, 1.807) is 0 Å². The lowest BCUT2D eigenvalue weighted by Crippen LogP contribution is -2.39. The zero-order valence-electron chi connectivity index (χ0n) is 14.2. The second-order valence-corrected chi connectivity index (χ2v) is 9.57. The Bertz CT molecular complexity index is 707. The fraction of sp³-hybridized carbons (Fsp3) is 0.364. The Balaban J connectivity index is 1.82. The van der Waals surface area contributed by atoms with Crippen LogP contribution in [0.2, 0.25) is 0 Å². The third kappa shape index (κ3) is 2.95. The summed E-state index contributed by atoms with van der Waals surface area (Å²) in [5, 5.41) is 0. The van der Waals surface area contributed by atoms with E-state index >= 15 is 0 Å². The Kier molecular flexibility index (Phi) is 4.78. The van der Waals surface area contributed by atoms with Crippen LogP contribution in [-0.2, 0) is 0 Å². The minimum absolute atomic E-state index is 0.332. The molecular weight excluding hydrogens is 328 g/mol. The Morgan fingerprint density at radius 2 is 1.67 bits per heavy atom. The molecule has 2 aromatic rings. The Hall–Kier alpha value is -1.12. The van der Waals surface area contributed by atoms with E-state index in [1.807, 2.05) is 0 Å². The van der Waals surface area contributed by atoms with Crippen LogP contribution >= 0.6 is 23.5 Å². The highest BCUT2D eigenvalue weighted by Gasteiger charge is 2.47. The number of rotatable bonds is 3. The molecule has 0 amide bonds. The molecule has 124 valence electrons. The summed E-state index contributed by atoms with van der Waals surface area (Å²) in [5.74, 6) is 1.27. The van der Waals surface area contributed by atoms with E-state index in [4.69, 9.17) is 0 Å². The van der Waals surface area contributed by atoms with Crippen molar-refractivity contribution in [1.82, 2.24) is 0 Å². The lowest BCUT2D eigenvalue weighted by Gasteiger charge is -2.49. The van der Waals surface area contributed by atoms with Crippen LogP contribution in [0, 0.1) is 5.92 Å². The normalized spacial score (nSPS) is 29.6. The molecule has 0 aromatic heterocycles. The van der Waals surface area contributed by atoms with Gasteiger partial charge in [-0.05, 0) is 36.1 Å². The van der Waals surface area contributed by atoms with Crippen molar-refractivity contribution in [3.63, 3.8) is 0 Å². The van der Waals surface area contributed by atoms with Gasteiger partial charge in [-0.2, -0.15) is 0 Å². The predicted molar refractivity (Wildman–Crippen MR) is 109 cm³/mol. The minimum atomic E-state index is 0.332. The molecule has 2 aliphatic rings. The summed E-state index contributed by atoms with van der Waals surface area (Å²) in [7, 11) is 0. The van der Waals surface area contributed by atoms with E-state index in [1.165, 1.54) is 41.7 Å². The average Bonchev–Trinajstić information content (AvgIpc) is 2.68. The standard InChI is InChI=1S/C22H24S2/c1-23-22-15-9-8-14-20(22)19(17-10-4-2-5-11-17)16-21(24-22)18-12-6-3-7-13-18/h2-7,10-13,16,19-20H,8-9,14-15H2,1H3. The summed E-state index contributed by atoms with van der Waals surface area (Å²) in [4.78, 5) is 1.47. The van der Waals surface area contributed by atoms with E-state index in [0.717, 1.165) is 5.92 Å². The second kappa shape index (κ2) is 7.01. The van der Waals surface area contributed by atoms with Crippen LogP contribution in [0.5, 0.6) is 0 Å². The van der Waals surface area contributed by atoms with E-state index < -0.39 is 0 Å². The Morgan fingerprint density at radius 3 is 2.38 bits per heavy atom. The van der Waals surface area contributed by atoms with Crippen LogP contribution in [0.3, 0.4) is 0 Å². The summed E-state index contributed by atoms with van der Waals surface area (Å²) in [6.45, 7) is 0. The van der Waals surface area contributed by atoms with Gasteiger partial charge in [-0.3, -0.25) is 0 Å². The minimum Gasteiger partial charge on any atom is -0.147 e. The highest BCUT2D eigenvalue weighted by atomic mass is 32.2. The summed E-state index contributed by atoms with van der Waals surface area (Å²) in [6.07, 6.45) is 10.3. The van der Waals surface area contributed by atoms with E-state index in [2.05, 4.69) is 96.5 Å². The van der Waals surface area contributed by atoms with E-state index in [-0.39, 0.29) is 0 Å². The van der Waals surface area contributed by atoms with Gasteiger partial charge in [-0.1, -0.05) is 79.6 Å². The predicted octanol–water partition coefficient (Wildman–Crippen LogP) is 6.81. The molecule has 1 heterocycles. The fourth-order valence-corrected chi connectivity index (χ4v) is 7.30. The number of fused-ring (bicyclic) bond motifs is 1. The number of hydrogen-bond acceptors (Lipinski definition) is 2. The zero-order valence-corrected chi connectivity index (χ0v) is 15.8. The molecule has 4 rings (SSSR count). The number of hydrogen-bond donors (Lipinski definition) is 0. The van der Waals surface area contributed by atoms with E-state index in [9.17, 15) is 0 Å². The number of allylic oxidation sites excluding steroid dienone is 1. The first-order valence-corrected chi connectivity index (χ1v) is 10.9. The van der Waals surface area contributed by atoms with Crippen LogP contribution in [0.25, 0.3) is 4.91 Å². The summed E-state index contributed by atoms with van der Waals surface area (Å²) in [6, 6.07) is 22.1. The number of thioether (sulfide) groups is 2. The monoisotopic (exact) mass is 352 g/mol. The van der Waals surface area contributed by atoms with Gasteiger partial charge in [0.2, 0.25) is 0 Å². The molecule has 0 nitrogen and oxygen atoms in total. The lowest BCUT2D eigenvalue weighted by atomic mass is 9.75. The third-order valence-corrected chi connectivity index (χ3v) is 8.88. The summed E-state index contributed by atoms with van der Waals surface area (Å²) < 4.78 is 0.332. The van der Waals surface area contributed by atoms with Crippen molar-refractivity contribution in [1.29, 1.82) is 0 Å². The maximum atomic E-state index is 2.56. The molecule has 2 aromatic carbocycles. The van der Waals surface area contributed by atoms with Crippen molar-refractivity contribution in [3.8, 4) is 0 Å². The molecule has 1 fully saturated rings. The third-order valence-electron chi connectivity index (χ3n) is 5.49. The SMILES string of the molecule is CSC12CCCCC1C(c1ccccc1)C=C(c1ccccc1)S2. The van der Waals surface area contributed by atoms with Gasteiger partial charge in [0.05, 0.1) is 4.08 Å². The molecule has 24 heavy (non-hydrogen) atoms. The van der Waals surface area contributed by atoms with Crippen LogP contribution < -0.4 is 0 Å². The highest BCUT2D eigenvalue weighted by Crippen LogP contribution is 2.62. The van der Waals surface area contributed by atoms with Gasteiger partial charge in [0.15, 0.2) is 0 Å². The molecule has 0 spiro atoms. The van der Waals surface area contributed by atoms with Crippen molar-refractivity contribution < 1.29 is 0 Å². The average molecular weight is 353 g/mol. The topological polar surface area (TPSA) is 0 Å². The highest BCUT2D eigenvalue weighted by molar-refractivity contribution is 8.22. The van der Waals surface area contributed by atoms with Crippen LogP contribution in [0.15, 0.2) is 66.7 Å². The molecule has 3 atom stereocenters. The molecule has 0 radical (unpaired) electrons. The second-order valence-electron chi connectivity index (χ2n) is 6.80. The van der Waals surface area contributed by atoms with Gasteiger partial charge in [0.25, 0.3) is 0 Å². The smallest absolute Gasteiger partial charge is 0.0692 e. The van der Waals surface area contributed by atoms with Gasteiger partial charge in [-0.15, -0.1) is 23.5 Å². The van der Waals surface area contributed by atoms with Crippen molar-refractivity contribution in [2.75, 3.05) is 6.26 Å². The molecule has 2 heteroatoms. The fourth-order valence-electron chi connectivity index (χ4n) is 4.28. The quantitative estimate of drug-likeness (QED) is 0.595. The Morgan fingerprint density at radius 1 is 0.958 bits per heavy atom. The van der Waals surface area contributed by atoms with Gasteiger partial charge in [0, 0.05) is 10.8 Å².